The van der Waals surface area contributed by atoms with Crippen molar-refractivity contribution in [3.8, 4) is 5.75 Å². The quantitative estimate of drug-likeness (QED) is 0.856. The standard InChI is InChI=1S/C17H17ClN2O3S/c18-15-8-7-14(24-15)10-19-16(21)11-23-13-5-3-12(4-6-13)20-9-1-2-17(20)22/h3-8H,1-2,9-11H2,(H,19,21). The number of halogens is 1. The maximum Gasteiger partial charge on any atom is 0.258 e. The van der Waals surface area contributed by atoms with Gasteiger partial charge in [0.25, 0.3) is 5.91 Å². The van der Waals surface area contributed by atoms with E-state index in [0.29, 0.717) is 23.1 Å². The van der Waals surface area contributed by atoms with Crippen LogP contribution in [0.4, 0.5) is 5.69 Å². The van der Waals surface area contributed by atoms with Crippen LogP contribution in [-0.4, -0.2) is 25.0 Å². The summed E-state index contributed by atoms with van der Waals surface area (Å²) in [5.41, 5.74) is 0.865. The molecule has 5 nitrogen and oxygen atoms in total. The van der Waals surface area contributed by atoms with Crippen LogP contribution in [0.1, 0.15) is 17.7 Å². The van der Waals surface area contributed by atoms with E-state index in [0.717, 1.165) is 23.5 Å². The van der Waals surface area contributed by atoms with Gasteiger partial charge in [-0.1, -0.05) is 11.6 Å². The van der Waals surface area contributed by atoms with Gasteiger partial charge in [0.15, 0.2) is 6.61 Å². The third kappa shape index (κ3) is 4.27. The Labute approximate surface area is 149 Å². The van der Waals surface area contributed by atoms with Gasteiger partial charge >= 0.3 is 0 Å². The summed E-state index contributed by atoms with van der Waals surface area (Å²) in [7, 11) is 0. The molecule has 1 aromatic heterocycles. The molecule has 1 aliphatic heterocycles. The predicted molar refractivity (Wildman–Crippen MR) is 94.7 cm³/mol. The van der Waals surface area contributed by atoms with Crippen molar-refractivity contribution < 1.29 is 14.3 Å². The minimum absolute atomic E-state index is 0.0545. The Hall–Kier alpha value is -2.05. The average Bonchev–Trinajstić information content (AvgIpc) is 3.20. The van der Waals surface area contributed by atoms with Gasteiger partial charge in [-0.3, -0.25) is 9.59 Å². The molecular weight excluding hydrogens is 348 g/mol. The molecule has 1 fully saturated rings. The Bertz CT molecular complexity index is 730. The molecule has 1 saturated heterocycles. The number of amides is 2. The molecule has 2 amide bonds. The Kier molecular flexibility index (Phi) is 5.37. The topological polar surface area (TPSA) is 58.6 Å². The summed E-state index contributed by atoms with van der Waals surface area (Å²) in [4.78, 5) is 26.3. The second-order valence-electron chi connectivity index (χ2n) is 5.41. The van der Waals surface area contributed by atoms with Crippen LogP contribution in [-0.2, 0) is 16.1 Å². The lowest BCUT2D eigenvalue weighted by Gasteiger charge is -2.16. The fourth-order valence-corrected chi connectivity index (χ4v) is 3.50. The summed E-state index contributed by atoms with van der Waals surface area (Å²) in [6, 6.07) is 10.9. The van der Waals surface area contributed by atoms with Gasteiger partial charge in [0, 0.05) is 23.5 Å². The summed E-state index contributed by atoms with van der Waals surface area (Å²) in [6.07, 6.45) is 1.50. The third-order valence-electron chi connectivity index (χ3n) is 3.68. The van der Waals surface area contributed by atoms with E-state index in [2.05, 4.69) is 5.32 Å². The first-order valence-electron chi connectivity index (χ1n) is 7.66. The van der Waals surface area contributed by atoms with Crippen molar-refractivity contribution in [2.75, 3.05) is 18.1 Å². The molecule has 0 radical (unpaired) electrons. The second-order valence-corrected chi connectivity index (χ2v) is 7.21. The fourth-order valence-electron chi connectivity index (χ4n) is 2.48. The summed E-state index contributed by atoms with van der Waals surface area (Å²) >= 11 is 7.28. The van der Waals surface area contributed by atoms with E-state index in [9.17, 15) is 9.59 Å². The van der Waals surface area contributed by atoms with Gasteiger partial charge in [0.1, 0.15) is 5.75 Å². The minimum atomic E-state index is -0.196. The van der Waals surface area contributed by atoms with Crippen molar-refractivity contribution in [3.05, 3.63) is 45.6 Å². The van der Waals surface area contributed by atoms with E-state index < -0.39 is 0 Å². The van der Waals surface area contributed by atoms with E-state index in [1.165, 1.54) is 11.3 Å². The highest BCUT2D eigenvalue weighted by molar-refractivity contribution is 7.16. The molecule has 0 saturated carbocycles. The number of thiophene rings is 1. The Morgan fingerprint density at radius 1 is 1.25 bits per heavy atom. The van der Waals surface area contributed by atoms with Crippen LogP contribution in [0.2, 0.25) is 4.34 Å². The molecule has 1 aromatic carbocycles. The summed E-state index contributed by atoms with van der Waals surface area (Å²) in [5.74, 6) is 0.551. The van der Waals surface area contributed by atoms with Crippen LogP contribution in [0.3, 0.4) is 0 Å². The fraction of sp³-hybridized carbons (Fsp3) is 0.294. The lowest BCUT2D eigenvalue weighted by atomic mass is 10.3. The molecule has 1 aliphatic rings. The number of anilines is 1. The van der Waals surface area contributed by atoms with Crippen LogP contribution in [0.15, 0.2) is 36.4 Å². The molecule has 2 heterocycles. The Balaban J connectivity index is 1.46. The first-order valence-corrected chi connectivity index (χ1v) is 8.85. The van der Waals surface area contributed by atoms with Crippen LogP contribution in [0.5, 0.6) is 5.75 Å². The first-order chi connectivity index (χ1) is 11.6. The SMILES string of the molecule is O=C(COc1ccc(N2CCCC2=O)cc1)NCc1ccc(Cl)s1. The molecule has 0 unspecified atom stereocenters. The molecule has 1 N–H and O–H groups in total. The lowest BCUT2D eigenvalue weighted by molar-refractivity contribution is -0.123. The van der Waals surface area contributed by atoms with Gasteiger partial charge in [-0.25, -0.2) is 0 Å². The average molecular weight is 365 g/mol. The second kappa shape index (κ2) is 7.68. The van der Waals surface area contributed by atoms with Crippen molar-refractivity contribution >= 4 is 40.4 Å². The van der Waals surface area contributed by atoms with E-state index in [-0.39, 0.29) is 18.4 Å². The van der Waals surface area contributed by atoms with E-state index in [4.69, 9.17) is 16.3 Å². The molecule has 0 atom stereocenters. The highest BCUT2D eigenvalue weighted by Gasteiger charge is 2.21. The predicted octanol–water partition coefficient (Wildman–Crippen LogP) is 3.22. The van der Waals surface area contributed by atoms with Gasteiger partial charge in [-0.05, 0) is 42.8 Å². The maximum atomic E-state index is 11.8. The lowest BCUT2D eigenvalue weighted by Crippen LogP contribution is -2.28. The normalized spacial score (nSPS) is 14.0. The molecule has 0 aliphatic carbocycles. The van der Waals surface area contributed by atoms with Crippen LogP contribution in [0.25, 0.3) is 0 Å². The largest absolute Gasteiger partial charge is 0.484 e. The number of rotatable bonds is 6. The summed E-state index contributed by atoms with van der Waals surface area (Å²) in [6.45, 7) is 1.14. The van der Waals surface area contributed by atoms with Crippen LogP contribution in [0, 0.1) is 0 Å². The molecule has 126 valence electrons. The smallest absolute Gasteiger partial charge is 0.258 e. The summed E-state index contributed by atoms with van der Waals surface area (Å²) in [5, 5.41) is 2.78. The molecule has 2 aromatic rings. The number of ether oxygens (including phenoxy) is 1. The van der Waals surface area contributed by atoms with E-state index >= 15 is 0 Å². The van der Waals surface area contributed by atoms with Crippen molar-refractivity contribution in [2.45, 2.75) is 19.4 Å². The molecular formula is C17H17ClN2O3S. The maximum absolute atomic E-state index is 11.8. The highest BCUT2D eigenvalue weighted by atomic mass is 35.5. The molecule has 0 spiro atoms. The number of nitrogens with one attached hydrogen (secondary N) is 1. The minimum Gasteiger partial charge on any atom is -0.484 e. The van der Waals surface area contributed by atoms with Gasteiger partial charge in [0.05, 0.1) is 10.9 Å². The number of carbonyl (C=O) groups is 2. The van der Waals surface area contributed by atoms with Crippen molar-refractivity contribution in [1.82, 2.24) is 5.32 Å². The number of hydrogen-bond donors (Lipinski definition) is 1. The number of nitrogens with zero attached hydrogens (tertiary/aromatic N) is 1. The van der Waals surface area contributed by atoms with Gasteiger partial charge < -0.3 is 15.0 Å². The van der Waals surface area contributed by atoms with Crippen molar-refractivity contribution in [1.29, 1.82) is 0 Å². The van der Waals surface area contributed by atoms with Crippen molar-refractivity contribution in [3.63, 3.8) is 0 Å². The zero-order chi connectivity index (χ0) is 16.9. The number of carbonyl (C=O) groups excluding carboxylic acids is 2. The summed E-state index contributed by atoms with van der Waals surface area (Å²) < 4.78 is 6.17. The number of benzene rings is 1. The molecule has 24 heavy (non-hydrogen) atoms. The zero-order valence-corrected chi connectivity index (χ0v) is 14.5. The van der Waals surface area contributed by atoms with E-state index in [1.54, 1.807) is 23.1 Å². The Morgan fingerprint density at radius 2 is 2.04 bits per heavy atom. The molecule has 0 bridgehead atoms. The van der Waals surface area contributed by atoms with Gasteiger partial charge in [-0.2, -0.15) is 0 Å². The zero-order valence-electron chi connectivity index (χ0n) is 13.0. The Morgan fingerprint density at radius 3 is 2.67 bits per heavy atom. The third-order valence-corrected chi connectivity index (χ3v) is 4.91. The van der Waals surface area contributed by atoms with Crippen LogP contribution >= 0.6 is 22.9 Å². The molecule has 3 rings (SSSR count). The van der Waals surface area contributed by atoms with Gasteiger partial charge in [-0.15, -0.1) is 11.3 Å². The van der Waals surface area contributed by atoms with Gasteiger partial charge in [0.2, 0.25) is 5.91 Å². The number of hydrogen-bond acceptors (Lipinski definition) is 4. The van der Waals surface area contributed by atoms with Crippen molar-refractivity contribution in [2.24, 2.45) is 0 Å². The highest BCUT2D eigenvalue weighted by Crippen LogP contribution is 2.24. The monoisotopic (exact) mass is 364 g/mol. The van der Waals surface area contributed by atoms with Crippen LogP contribution < -0.4 is 15.0 Å². The molecule has 7 heteroatoms. The first kappa shape index (κ1) is 16.8. The van der Waals surface area contributed by atoms with E-state index in [1.807, 2.05) is 18.2 Å².